The third kappa shape index (κ3) is 2.33. The van der Waals surface area contributed by atoms with Gasteiger partial charge in [0.05, 0.1) is 18.8 Å². The monoisotopic (exact) mass is 235 g/mol. The lowest BCUT2D eigenvalue weighted by Crippen LogP contribution is -2.69. The van der Waals surface area contributed by atoms with Crippen LogP contribution in [0.5, 0.6) is 0 Å². The zero-order chi connectivity index (χ0) is 12.5. The molecule has 0 spiro atoms. The Morgan fingerprint density at radius 1 is 1.25 bits per heavy atom. The summed E-state index contributed by atoms with van der Waals surface area (Å²) in [7, 11) is 0. The van der Waals surface area contributed by atoms with Gasteiger partial charge in [0.2, 0.25) is 5.91 Å². The summed E-state index contributed by atoms with van der Waals surface area (Å²) in [6, 6.07) is 0. The summed E-state index contributed by atoms with van der Waals surface area (Å²) in [5.74, 6) is -0.456. The molecule has 0 aromatic rings. The molecule has 6 N–H and O–H groups in total. The number of carbonyl (C=O) groups is 1. The Bertz CT molecular complexity index is 257. The summed E-state index contributed by atoms with van der Waals surface area (Å²) >= 11 is 0. The second kappa shape index (κ2) is 4.64. The highest BCUT2D eigenvalue weighted by Crippen LogP contribution is 2.29. The summed E-state index contributed by atoms with van der Waals surface area (Å²) < 4.78 is 0. The van der Waals surface area contributed by atoms with Crippen LogP contribution < -0.4 is 5.32 Å². The van der Waals surface area contributed by atoms with Gasteiger partial charge in [-0.15, -0.1) is 0 Å². The van der Waals surface area contributed by atoms with Crippen LogP contribution in [0.25, 0.3) is 0 Å². The van der Waals surface area contributed by atoms with Crippen LogP contribution in [0.1, 0.15) is 13.3 Å². The molecule has 0 bridgehead atoms. The first kappa shape index (κ1) is 13.3. The van der Waals surface area contributed by atoms with Crippen molar-refractivity contribution in [2.24, 2.45) is 0 Å². The van der Waals surface area contributed by atoms with Gasteiger partial charge in [0.1, 0.15) is 17.8 Å². The summed E-state index contributed by atoms with van der Waals surface area (Å²) in [4.78, 5) is 10.7. The van der Waals surface area contributed by atoms with Crippen LogP contribution in [0.3, 0.4) is 0 Å². The maximum absolute atomic E-state index is 10.7. The minimum atomic E-state index is -2.15. The fourth-order valence-electron chi connectivity index (χ4n) is 1.82. The van der Waals surface area contributed by atoms with Gasteiger partial charge in [-0.2, -0.15) is 0 Å². The van der Waals surface area contributed by atoms with Crippen LogP contribution in [0, 0.1) is 0 Å². The maximum Gasteiger partial charge on any atom is 0.216 e. The van der Waals surface area contributed by atoms with E-state index >= 15 is 0 Å². The van der Waals surface area contributed by atoms with E-state index in [1.54, 1.807) is 0 Å². The summed E-state index contributed by atoms with van der Waals surface area (Å²) in [6.45, 7) is 0.761. The van der Waals surface area contributed by atoms with Crippen molar-refractivity contribution in [3.63, 3.8) is 0 Å². The van der Waals surface area contributed by atoms with Crippen molar-refractivity contribution in [1.29, 1.82) is 0 Å². The Labute approximate surface area is 92.3 Å². The first-order valence-corrected chi connectivity index (χ1v) is 4.98. The van der Waals surface area contributed by atoms with E-state index in [1.807, 2.05) is 0 Å². The number of aliphatic hydroxyl groups is 5. The predicted octanol–water partition coefficient (Wildman–Crippen LogP) is -3.30. The van der Waals surface area contributed by atoms with Gasteiger partial charge in [-0.25, -0.2) is 0 Å². The average Bonchev–Trinajstić information content (AvgIpc) is 2.21. The van der Waals surface area contributed by atoms with Crippen molar-refractivity contribution in [2.45, 2.75) is 43.4 Å². The van der Waals surface area contributed by atoms with Gasteiger partial charge < -0.3 is 30.8 Å². The van der Waals surface area contributed by atoms with E-state index in [1.165, 1.54) is 6.92 Å². The van der Waals surface area contributed by atoms with Crippen LogP contribution in [0.4, 0.5) is 0 Å². The first-order valence-electron chi connectivity index (χ1n) is 4.98. The van der Waals surface area contributed by atoms with Crippen molar-refractivity contribution >= 4 is 5.91 Å². The molecule has 1 amide bonds. The molecule has 94 valence electrons. The molecule has 0 aromatic heterocycles. The van der Waals surface area contributed by atoms with Crippen molar-refractivity contribution in [3.05, 3.63) is 0 Å². The van der Waals surface area contributed by atoms with Crippen LogP contribution in [0.2, 0.25) is 0 Å². The molecule has 1 rings (SSSR count). The second-order valence-corrected chi connectivity index (χ2v) is 4.16. The number of nitrogens with one attached hydrogen (secondary N) is 1. The zero-order valence-corrected chi connectivity index (χ0v) is 8.87. The van der Waals surface area contributed by atoms with E-state index < -0.39 is 42.5 Å². The van der Waals surface area contributed by atoms with Gasteiger partial charge in [-0.05, 0) is 0 Å². The number of rotatable bonds is 2. The first-order chi connectivity index (χ1) is 7.29. The second-order valence-electron chi connectivity index (χ2n) is 4.16. The fraction of sp³-hybridized carbons (Fsp3) is 0.889. The molecule has 7 heteroatoms. The van der Waals surface area contributed by atoms with Gasteiger partial charge >= 0.3 is 0 Å². The predicted molar refractivity (Wildman–Crippen MR) is 52.3 cm³/mol. The molecule has 16 heavy (non-hydrogen) atoms. The van der Waals surface area contributed by atoms with Crippen LogP contribution in [-0.2, 0) is 4.79 Å². The molecule has 5 atom stereocenters. The molecule has 1 fully saturated rings. The number of amides is 1. The molecule has 1 saturated carbocycles. The highest BCUT2D eigenvalue weighted by molar-refractivity contribution is 5.72. The Morgan fingerprint density at radius 2 is 1.69 bits per heavy atom. The van der Waals surface area contributed by atoms with Crippen molar-refractivity contribution in [2.75, 3.05) is 6.54 Å². The SMILES string of the molecule is CC(=O)NCC1(O)[C@@H](O)[C@H](O)C[C@H](O)[C@@H]1O. The van der Waals surface area contributed by atoms with Crippen molar-refractivity contribution in [1.82, 2.24) is 5.32 Å². The molecule has 1 unspecified atom stereocenters. The van der Waals surface area contributed by atoms with E-state index in [9.17, 15) is 30.3 Å². The third-order valence-corrected chi connectivity index (χ3v) is 2.86. The molecule has 0 aliphatic heterocycles. The topological polar surface area (TPSA) is 130 Å². The number of carbonyl (C=O) groups excluding carboxylic acids is 1. The lowest BCUT2D eigenvalue weighted by molar-refractivity contribution is -0.231. The van der Waals surface area contributed by atoms with Crippen LogP contribution in [-0.4, -0.2) is 68.0 Å². The maximum atomic E-state index is 10.7. The Balaban J connectivity index is 2.82. The molecule has 0 saturated heterocycles. The molecule has 0 radical (unpaired) electrons. The van der Waals surface area contributed by atoms with Gasteiger partial charge in [-0.3, -0.25) is 4.79 Å². The zero-order valence-electron chi connectivity index (χ0n) is 8.87. The summed E-state index contributed by atoms with van der Waals surface area (Å²) in [5.41, 5.74) is -2.15. The van der Waals surface area contributed by atoms with Gasteiger partial charge in [0.25, 0.3) is 0 Å². The van der Waals surface area contributed by atoms with E-state index in [0.717, 1.165) is 0 Å². The largest absolute Gasteiger partial charge is 0.390 e. The Hall–Kier alpha value is -0.730. The van der Waals surface area contributed by atoms with Crippen molar-refractivity contribution < 1.29 is 30.3 Å². The average molecular weight is 235 g/mol. The normalized spacial score (nSPS) is 44.1. The molecule has 7 nitrogen and oxygen atoms in total. The highest BCUT2D eigenvalue weighted by atomic mass is 16.4. The van der Waals surface area contributed by atoms with Crippen molar-refractivity contribution in [3.8, 4) is 0 Å². The van der Waals surface area contributed by atoms with Gasteiger partial charge in [0.15, 0.2) is 0 Å². The Morgan fingerprint density at radius 3 is 2.06 bits per heavy atom. The van der Waals surface area contributed by atoms with E-state index in [4.69, 9.17) is 0 Å². The van der Waals surface area contributed by atoms with E-state index in [-0.39, 0.29) is 6.42 Å². The molecular weight excluding hydrogens is 218 g/mol. The molecule has 1 aliphatic rings. The standard InChI is InChI=1S/C9H17NO6/c1-4(11)10-3-9(16)7(14)5(12)2-6(13)8(9)15/h5-8,12-16H,2-3H2,1H3,(H,10,11)/t5-,6+,7-,8-,9?/m0/s1. The minimum absolute atomic E-state index is 0.231. The lowest BCUT2D eigenvalue weighted by Gasteiger charge is -2.45. The van der Waals surface area contributed by atoms with Gasteiger partial charge in [0, 0.05) is 13.3 Å². The molecule has 1 aliphatic carbocycles. The molecule has 0 heterocycles. The number of hydrogen-bond donors (Lipinski definition) is 6. The fourth-order valence-corrected chi connectivity index (χ4v) is 1.82. The number of aliphatic hydroxyl groups excluding tert-OH is 4. The third-order valence-electron chi connectivity index (χ3n) is 2.86. The molecular formula is C9H17NO6. The summed E-state index contributed by atoms with van der Waals surface area (Å²) in [5, 5.41) is 50.1. The highest BCUT2D eigenvalue weighted by Gasteiger charge is 2.53. The quantitative estimate of drug-likeness (QED) is 0.297. The van der Waals surface area contributed by atoms with E-state index in [2.05, 4.69) is 5.32 Å². The lowest BCUT2D eigenvalue weighted by atomic mass is 9.76. The van der Waals surface area contributed by atoms with Crippen LogP contribution in [0.15, 0.2) is 0 Å². The summed E-state index contributed by atoms with van der Waals surface area (Å²) in [6.07, 6.45) is -6.19. The van der Waals surface area contributed by atoms with Gasteiger partial charge in [-0.1, -0.05) is 0 Å². The number of hydrogen-bond acceptors (Lipinski definition) is 6. The minimum Gasteiger partial charge on any atom is -0.390 e. The smallest absolute Gasteiger partial charge is 0.216 e. The van der Waals surface area contributed by atoms with E-state index in [0.29, 0.717) is 0 Å². The molecule has 0 aromatic carbocycles. The Kier molecular flexibility index (Phi) is 3.87. The van der Waals surface area contributed by atoms with Crippen LogP contribution >= 0.6 is 0 Å².